The minimum Gasteiger partial charge on any atom is -0.463 e. The zero-order chi connectivity index (χ0) is 21.5. The van der Waals surface area contributed by atoms with Crippen LogP contribution in [-0.4, -0.2) is 41.0 Å². The topological polar surface area (TPSA) is 71.5 Å². The maximum absolute atomic E-state index is 13.0. The third-order valence-corrected chi connectivity index (χ3v) is 6.09. The van der Waals surface area contributed by atoms with E-state index in [0.29, 0.717) is 0 Å². The molecule has 2 heterocycles. The van der Waals surface area contributed by atoms with Crippen molar-refractivity contribution >= 4 is 23.2 Å². The zero-order valence-corrected chi connectivity index (χ0v) is 18.8. The van der Waals surface area contributed by atoms with E-state index in [1.54, 1.807) is 11.3 Å². The molecule has 1 unspecified atom stereocenters. The van der Waals surface area contributed by atoms with Crippen LogP contribution in [0, 0.1) is 12.8 Å². The van der Waals surface area contributed by atoms with E-state index in [0.717, 1.165) is 48.7 Å². The molecular weight excluding hydrogens is 398 g/mol. The molecule has 162 valence electrons. The first-order valence-corrected chi connectivity index (χ1v) is 11.5. The highest BCUT2D eigenvalue weighted by molar-refractivity contribution is 7.09. The van der Waals surface area contributed by atoms with Crippen molar-refractivity contribution in [2.24, 2.45) is 5.92 Å². The van der Waals surface area contributed by atoms with Crippen molar-refractivity contribution in [3.63, 3.8) is 0 Å². The van der Waals surface area contributed by atoms with Crippen LogP contribution in [-0.2, 0) is 20.9 Å². The Hall–Kier alpha value is -2.25. The van der Waals surface area contributed by atoms with Crippen LogP contribution in [0.5, 0.6) is 0 Å². The molecule has 0 bridgehead atoms. The Morgan fingerprint density at radius 2 is 1.93 bits per heavy atom. The van der Waals surface area contributed by atoms with Gasteiger partial charge in [0.15, 0.2) is 0 Å². The quantitative estimate of drug-likeness (QED) is 0.645. The fraction of sp³-hybridized carbons (Fsp3) is 0.522. The smallest absolute Gasteiger partial charge is 0.308 e. The molecule has 1 atom stereocenters. The molecule has 1 fully saturated rings. The Labute approximate surface area is 182 Å². The van der Waals surface area contributed by atoms with Crippen LogP contribution >= 0.6 is 11.3 Å². The molecule has 1 N–H and O–H groups in total. The normalized spacial score (nSPS) is 16.4. The Morgan fingerprint density at radius 1 is 1.23 bits per heavy atom. The van der Waals surface area contributed by atoms with E-state index in [1.165, 1.54) is 0 Å². The van der Waals surface area contributed by atoms with Crippen LogP contribution in [0.4, 0.5) is 0 Å². The fourth-order valence-corrected chi connectivity index (χ4v) is 4.37. The van der Waals surface area contributed by atoms with Crippen molar-refractivity contribution in [3.8, 4) is 0 Å². The first-order chi connectivity index (χ1) is 14.4. The average Bonchev–Trinajstić information content (AvgIpc) is 3.12. The molecule has 0 radical (unpaired) electrons. The number of piperidine rings is 1. The standard InChI is InChI=1S/C23H31N3O3S/c1-16(2)29-22(27)13-21(18-7-5-4-6-8-18)25-23(28)19-9-11-26(12-10-19)14-20-15-30-17(3)24-20/h4-8,15-16,19,21H,9-14H2,1-3H3,(H,25,28). The Bertz CT molecular complexity index is 829. The van der Waals surface area contributed by atoms with Crippen molar-refractivity contribution in [2.75, 3.05) is 13.1 Å². The lowest BCUT2D eigenvalue weighted by Gasteiger charge is -2.31. The van der Waals surface area contributed by atoms with Crippen molar-refractivity contribution in [3.05, 3.63) is 52.0 Å². The van der Waals surface area contributed by atoms with E-state index in [-0.39, 0.29) is 36.4 Å². The largest absolute Gasteiger partial charge is 0.463 e. The molecule has 1 aliphatic heterocycles. The van der Waals surface area contributed by atoms with Gasteiger partial charge in [0.05, 0.1) is 29.3 Å². The van der Waals surface area contributed by atoms with Gasteiger partial charge in [-0.3, -0.25) is 14.5 Å². The molecule has 1 aromatic heterocycles. The van der Waals surface area contributed by atoms with Gasteiger partial charge in [0.2, 0.25) is 5.91 Å². The molecule has 1 amide bonds. The number of nitrogens with one attached hydrogen (secondary N) is 1. The highest BCUT2D eigenvalue weighted by atomic mass is 32.1. The SMILES string of the molecule is Cc1nc(CN2CCC(C(=O)NC(CC(=O)OC(C)C)c3ccccc3)CC2)cs1. The number of carbonyl (C=O) groups excluding carboxylic acids is 2. The lowest BCUT2D eigenvalue weighted by atomic mass is 9.94. The Morgan fingerprint density at radius 3 is 2.53 bits per heavy atom. The summed E-state index contributed by atoms with van der Waals surface area (Å²) in [6.07, 6.45) is 1.59. The summed E-state index contributed by atoms with van der Waals surface area (Å²) in [7, 11) is 0. The molecule has 7 heteroatoms. The predicted octanol–water partition coefficient (Wildman–Crippen LogP) is 3.86. The van der Waals surface area contributed by atoms with Crippen LogP contribution in [0.2, 0.25) is 0 Å². The van der Waals surface area contributed by atoms with Gasteiger partial charge in [0.25, 0.3) is 0 Å². The number of rotatable bonds is 8. The van der Waals surface area contributed by atoms with E-state index < -0.39 is 0 Å². The van der Waals surface area contributed by atoms with Gasteiger partial charge in [-0.1, -0.05) is 30.3 Å². The van der Waals surface area contributed by atoms with E-state index >= 15 is 0 Å². The van der Waals surface area contributed by atoms with Gasteiger partial charge in [0.1, 0.15) is 0 Å². The van der Waals surface area contributed by atoms with Crippen molar-refractivity contribution in [2.45, 2.75) is 58.7 Å². The second-order valence-corrected chi connectivity index (χ2v) is 9.19. The highest BCUT2D eigenvalue weighted by Crippen LogP contribution is 2.23. The minimum atomic E-state index is -0.374. The monoisotopic (exact) mass is 429 g/mol. The third-order valence-electron chi connectivity index (χ3n) is 5.27. The van der Waals surface area contributed by atoms with Gasteiger partial charge >= 0.3 is 5.97 Å². The van der Waals surface area contributed by atoms with Gasteiger partial charge in [-0.05, 0) is 52.3 Å². The molecule has 3 rings (SSSR count). The number of likely N-dealkylation sites (tertiary alicyclic amines) is 1. The van der Waals surface area contributed by atoms with E-state index in [2.05, 4.69) is 20.6 Å². The number of ether oxygens (including phenoxy) is 1. The number of amides is 1. The lowest BCUT2D eigenvalue weighted by Crippen LogP contribution is -2.41. The van der Waals surface area contributed by atoms with Crippen LogP contribution in [0.25, 0.3) is 0 Å². The summed E-state index contributed by atoms with van der Waals surface area (Å²) in [4.78, 5) is 32.1. The Balaban J connectivity index is 1.55. The summed E-state index contributed by atoms with van der Waals surface area (Å²) in [6, 6.07) is 9.26. The number of aromatic nitrogens is 1. The van der Waals surface area contributed by atoms with Crippen molar-refractivity contribution in [1.29, 1.82) is 0 Å². The maximum atomic E-state index is 13.0. The number of hydrogen-bond donors (Lipinski definition) is 1. The summed E-state index contributed by atoms with van der Waals surface area (Å²) >= 11 is 1.67. The molecule has 2 aromatic rings. The minimum absolute atomic E-state index is 0.0188. The molecule has 0 aliphatic carbocycles. The first-order valence-electron chi connectivity index (χ1n) is 10.6. The third kappa shape index (κ3) is 6.64. The van der Waals surface area contributed by atoms with Crippen LogP contribution < -0.4 is 5.32 Å². The van der Waals surface area contributed by atoms with Crippen molar-refractivity contribution < 1.29 is 14.3 Å². The van der Waals surface area contributed by atoms with Crippen LogP contribution in [0.3, 0.4) is 0 Å². The number of hydrogen-bond acceptors (Lipinski definition) is 6. The number of benzene rings is 1. The molecule has 1 saturated heterocycles. The highest BCUT2D eigenvalue weighted by Gasteiger charge is 2.28. The van der Waals surface area contributed by atoms with Gasteiger partial charge in [-0.15, -0.1) is 11.3 Å². The summed E-state index contributed by atoms with van der Waals surface area (Å²) in [5.41, 5.74) is 2.02. The molecule has 6 nitrogen and oxygen atoms in total. The van der Waals surface area contributed by atoms with Gasteiger partial charge < -0.3 is 10.1 Å². The number of carbonyl (C=O) groups is 2. The van der Waals surface area contributed by atoms with E-state index in [4.69, 9.17) is 4.74 Å². The predicted molar refractivity (Wildman–Crippen MR) is 118 cm³/mol. The molecule has 1 aromatic carbocycles. The second-order valence-electron chi connectivity index (χ2n) is 8.12. The van der Waals surface area contributed by atoms with Crippen molar-refractivity contribution in [1.82, 2.24) is 15.2 Å². The summed E-state index contributed by atoms with van der Waals surface area (Å²) in [6.45, 7) is 8.26. The number of thiazole rings is 1. The first kappa shape index (κ1) is 22.4. The zero-order valence-electron chi connectivity index (χ0n) is 18.0. The molecule has 0 saturated carbocycles. The summed E-state index contributed by atoms with van der Waals surface area (Å²) < 4.78 is 5.30. The van der Waals surface area contributed by atoms with Crippen LogP contribution in [0.15, 0.2) is 35.7 Å². The lowest BCUT2D eigenvalue weighted by molar-refractivity contribution is -0.148. The Kier molecular flexibility index (Phi) is 7.99. The number of nitrogens with zero attached hydrogens (tertiary/aromatic N) is 2. The molecule has 0 spiro atoms. The summed E-state index contributed by atoms with van der Waals surface area (Å²) in [5.74, 6) is -0.316. The number of aryl methyl sites for hydroxylation is 1. The van der Waals surface area contributed by atoms with Gasteiger partial charge in [-0.2, -0.15) is 0 Å². The second kappa shape index (κ2) is 10.7. The maximum Gasteiger partial charge on any atom is 0.308 e. The van der Waals surface area contributed by atoms with E-state index in [9.17, 15) is 9.59 Å². The van der Waals surface area contributed by atoms with Gasteiger partial charge in [-0.25, -0.2) is 4.98 Å². The fourth-order valence-electron chi connectivity index (χ4n) is 3.77. The summed E-state index contributed by atoms with van der Waals surface area (Å²) in [5, 5.41) is 6.30. The van der Waals surface area contributed by atoms with Crippen LogP contribution in [0.1, 0.15) is 55.4 Å². The average molecular weight is 430 g/mol. The molecular formula is C23H31N3O3S. The molecule has 1 aliphatic rings. The van der Waals surface area contributed by atoms with Gasteiger partial charge in [0, 0.05) is 17.8 Å². The van der Waals surface area contributed by atoms with E-state index in [1.807, 2.05) is 51.1 Å². The molecule has 30 heavy (non-hydrogen) atoms. The number of esters is 1.